The first kappa shape index (κ1) is 12.9. The number of fused-ring (bicyclic) bond motifs is 1. The first-order chi connectivity index (χ1) is 8.67. The lowest BCUT2D eigenvalue weighted by Crippen LogP contribution is -2.11. The summed E-state index contributed by atoms with van der Waals surface area (Å²) in [7, 11) is 3.13. The normalized spacial score (nSPS) is 10.4. The van der Waals surface area contributed by atoms with Crippen molar-refractivity contribution in [1.82, 2.24) is 4.98 Å². The molecule has 2 aromatic rings. The number of halogens is 1. The van der Waals surface area contributed by atoms with E-state index in [1.165, 1.54) is 11.3 Å². The van der Waals surface area contributed by atoms with Crippen LogP contribution in [-0.2, 0) is 4.79 Å². The third kappa shape index (κ3) is 2.49. The molecule has 0 saturated carbocycles. The van der Waals surface area contributed by atoms with Gasteiger partial charge in [-0.25, -0.2) is 4.98 Å². The average molecular weight is 287 g/mol. The molecule has 0 unspecified atom stereocenters. The van der Waals surface area contributed by atoms with Crippen molar-refractivity contribution in [2.75, 3.05) is 25.4 Å². The number of ether oxygens (including phenoxy) is 2. The minimum absolute atomic E-state index is 0.0947. The van der Waals surface area contributed by atoms with Gasteiger partial charge in [0.2, 0.25) is 5.91 Å². The lowest BCUT2D eigenvalue weighted by molar-refractivity contribution is -0.113. The molecule has 0 aliphatic heterocycles. The van der Waals surface area contributed by atoms with E-state index in [0.717, 1.165) is 10.2 Å². The summed E-state index contributed by atoms with van der Waals surface area (Å²) in [5, 5.41) is 3.12. The number of hydrogen-bond acceptors (Lipinski definition) is 5. The molecule has 1 aromatic carbocycles. The maximum atomic E-state index is 11.2. The Bertz CT molecular complexity index is 544. The zero-order valence-corrected chi connectivity index (χ0v) is 11.4. The van der Waals surface area contributed by atoms with Gasteiger partial charge in [0.05, 0.1) is 24.4 Å². The molecule has 1 heterocycles. The maximum Gasteiger partial charge on any atom is 0.241 e. The van der Waals surface area contributed by atoms with Gasteiger partial charge in [-0.1, -0.05) is 11.3 Å². The summed E-state index contributed by atoms with van der Waals surface area (Å²) in [6.07, 6.45) is 0. The molecule has 0 atom stereocenters. The SMILES string of the molecule is COc1cc2nc(NC(=O)CCl)sc2cc1OC. The van der Waals surface area contributed by atoms with Crippen LogP contribution in [0.1, 0.15) is 0 Å². The van der Waals surface area contributed by atoms with Crippen molar-refractivity contribution < 1.29 is 14.3 Å². The second-order valence-electron chi connectivity index (χ2n) is 3.38. The van der Waals surface area contributed by atoms with Gasteiger partial charge in [-0.2, -0.15) is 0 Å². The monoisotopic (exact) mass is 286 g/mol. The van der Waals surface area contributed by atoms with Gasteiger partial charge in [0.25, 0.3) is 0 Å². The number of benzene rings is 1. The molecule has 1 aromatic heterocycles. The van der Waals surface area contributed by atoms with Crippen LogP contribution in [0.2, 0.25) is 0 Å². The molecule has 18 heavy (non-hydrogen) atoms. The molecule has 0 radical (unpaired) electrons. The Morgan fingerprint density at radius 2 is 2.06 bits per heavy atom. The van der Waals surface area contributed by atoms with E-state index < -0.39 is 0 Å². The Morgan fingerprint density at radius 3 is 2.67 bits per heavy atom. The zero-order valence-electron chi connectivity index (χ0n) is 9.82. The Balaban J connectivity index is 2.41. The van der Waals surface area contributed by atoms with Crippen LogP contribution in [-0.4, -0.2) is 31.0 Å². The molecule has 0 fully saturated rings. The minimum atomic E-state index is -0.283. The van der Waals surface area contributed by atoms with Crippen LogP contribution < -0.4 is 14.8 Å². The Kier molecular flexibility index (Phi) is 3.88. The number of methoxy groups -OCH3 is 2. The van der Waals surface area contributed by atoms with Crippen LogP contribution in [0, 0.1) is 0 Å². The predicted molar refractivity (Wildman–Crippen MR) is 72.1 cm³/mol. The molecule has 1 amide bonds. The average Bonchev–Trinajstić information content (AvgIpc) is 2.77. The standard InChI is InChI=1S/C11H11ClN2O3S/c1-16-7-3-6-9(4-8(7)17-2)18-11(13-6)14-10(15)5-12/h3-4H,5H2,1-2H3,(H,13,14,15). The van der Waals surface area contributed by atoms with Crippen molar-refractivity contribution >= 4 is 44.2 Å². The summed E-state index contributed by atoms with van der Waals surface area (Å²) in [4.78, 5) is 15.5. The van der Waals surface area contributed by atoms with Crippen LogP contribution in [0.3, 0.4) is 0 Å². The van der Waals surface area contributed by atoms with Gasteiger partial charge in [-0.05, 0) is 0 Å². The number of aromatic nitrogens is 1. The van der Waals surface area contributed by atoms with E-state index in [-0.39, 0.29) is 11.8 Å². The van der Waals surface area contributed by atoms with Gasteiger partial charge in [-0.3, -0.25) is 4.79 Å². The van der Waals surface area contributed by atoms with Crippen LogP contribution in [0.15, 0.2) is 12.1 Å². The van der Waals surface area contributed by atoms with Crippen LogP contribution in [0.25, 0.3) is 10.2 Å². The largest absolute Gasteiger partial charge is 0.493 e. The fraction of sp³-hybridized carbons (Fsp3) is 0.273. The lowest BCUT2D eigenvalue weighted by atomic mass is 10.3. The van der Waals surface area contributed by atoms with Gasteiger partial charge in [0.1, 0.15) is 5.88 Å². The third-order valence-electron chi connectivity index (χ3n) is 2.26. The zero-order chi connectivity index (χ0) is 13.1. The van der Waals surface area contributed by atoms with E-state index in [0.29, 0.717) is 16.6 Å². The van der Waals surface area contributed by atoms with Gasteiger partial charge in [0, 0.05) is 12.1 Å². The first-order valence-corrected chi connectivity index (χ1v) is 6.41. The minimum Gasteiger partial charge on any atom is -0.493 e. The summed E-state index contributed by atoms with van der Waals surface area (Å²) in [6.45, 7) is 0. The highest BCUT2D eigenvalue weighted by atomic mass is 35.5. The molecule has 5 nitrogen and oxygen atoms in total. The number of alkyl halides is 1. The molecule has 0 aliphatic rings. The highest BCUT2D eigenvalue weighted by Crippen LogP contribution is 2.36. The lowest BCUT2D eigenvalue weighted by Gasteiger charge is -2.05. The third-order valence-corrected chi connectivity index (χ3v) is 3.44. The number of nitrogens with zero attached hydrogens (tertiary/aromatic N) is 1. The molecule has 0 spiro atoms. The number of thiazole rings is 1. The van der Waals surface area contributed by atoms with Crippen molar-refractivity contribution in [2.24, 2.45) is 0 Å². The van der Waals surface area contributed by atoms with Crippen molar-refractivity contribution in [3.05, 3.63) is 12.1 Å². The number of carbonyl (C=O) groups excluding carboxylic acids is 1. The highest BCUT2D eigenvalue weighted by Gasteiger charge is 2.11. The molecule has 2 rings (SSSR count). The van der Waals surface area contributed by atoms with E-state index in [4.69, 9.17) is 21.1 Å². The van der Waals surface area contributed by atoms with Crippen molar-refractivity contribution in [3.8, 4) is 11.5 Å². The Morgan fingerprint density at radius 1 is 1.39 bits per heavy atom. The molecule has 0 aliphatic carbocycles. The summed E-state index contributed by atoms with van der Waals surface area (Å²) < 4.78 is 11.3. The van der Waals surface area contributed by atoms with Crippen LogP contribution in [0.4, 0.5) is 5.13 Å². The molecular formula is C11H11ClN2O3S. The van der Waals surface area contributed by atoms with E-state index in [9.17, 15) is 4.79 Å². The van der Waals surface area contributed by atoms with E-state index in [1.54, 1.807) is 20.3 Å². The Labute approximate surface area is 113 Å². The summed E-state index contributed by atoms with van der Waals surface area (Å²) in [5.74, 6) is 0.854. The van der Waals surface area contributed by atoms with E-state index in [2.05, 4.69) is 10.3 Å². The number of anilines is 1. The fourth-order valence-corrected chi connectivity index (χ4v) is 2.42. The van der Waals surface area contributed by atoms with Crippen molar-refractivity contribution in [2.45, 2.75) is 0 Å². The van der Waals surface area contributed by atoms with Crippen molar-refractivity contribution in [3.63, 3.8) is 0 Å². The number of rotatable bonds is 4. The van der Waals surface area contributed by atoms with Crippen LogP contribution >= 0.6 is 22.9 Å². The van der Waals surface area contributed by atoms with Crippen molar-refractivity contribution in [1.29, 1.82) is 0 Å². The summed E-state index contributed by atoms with van der Waals surface area (Å²) in [5.41, 5.74) is 0.738. The van der Waals surface area contributed by atoms with Gasteiger partial charge < -0.3 is 14.8 Å². The Hall–Kier alpha value is -1.53. The van der Waals surface area contributed by atoms with Gasteiger partial charge in [-0.15, -0.1) is 11.6 Å². The molecule has 1 N–H and O–H groups in total. The second kappa shape index (κ2) is 5.41. The topological polar surface area (TPSA) is 60.5 Å². The molecule has 0 bridgehead atoms. The highest BCUT2D eigenvalue weighted by molar-refractivity contribution is 7.22. The molecular weight excluding hydrogens is 276 g/mol. The van der Waals surface area contributed by atoms with Crippen LogP contribution in [0.5, 0.6) is 11.5 Å². The van der Waals surface area contributed by atoms with E-state index in [1.807, 2.05) is 6.07 Å². The number of nitrogens with one attached hydrogen (secondary N) is 1. The number of carbonyl (C=O) groups is 1. The number of amides is 1. The molecule has 7 heteroatoms. The smallest absolute Gasteiger partial charge is 0.241 e. The second-order valence-corrected chi connectivity index (χ2v) is 4.67. The van der Waals surface area contributed by atoms with E-state index >= 15 is 0 Å². The predicted octanol–water partition coefficient (Wildman–Crippen LogP) is 2.49. The first-order valence-electron chi connectivity index (χ1n) is 5.06. The molecule has 96 valence electrons. The maximum absolute atomic E-state index is 11.2. The summed E-state index contributed by atoms with van der Waals surface area (Å²) in [6, 6.07) is 3.59. The fourth-order valence-electron chi connectivity index (χ4n) is 1.46. The summed E-state index contributed by atoms with van der Waals surface area (Å²) >= 11 is 6.77. The quantitative estimate of drug-likeness (QED) is 0.877. The van der Waals surface area contributed by atoms with Gasteiger partial charge >= 0.3 is 0 Å². The molecule has 0 saturated heterocycles. The number of hydrogen-bond donors (Lipinski definition) is 1. The van der Waals surface area contributed by atoms with Gasteiger partial charge in [0.15, 0.2) is 16.6 Å².